The van der Waals surface area contributed by atoms with Gasteiger partial charge >= 0.3 is 0 Å². The first-order chi connectivity index (χ1) is 8.65. The summed E-state index contributed by atoms with van der Waals surface area (Å²) in [5.41, 5.74) is 4.50. The molecule has 1 nitrogen and oxygen atoms in total. The van der Waals surface area contributed by atoms with Crippen LogP contribution in [0.15, 0.2) is 48.5 Å². The predicted octanol–water partition coefficient (Wildman–Crippen LogP) is 4.26. The van der Waals surface area contributed by atoms with Crippen molar-refractivity contribution < 1.29 is 5.11 Å². The van der Waals surface area contributed by atoms with Crippen molar-refractivity contribution in [3.8, 4) is 5.75 Å². The summed E-state index contributed by atoms with van der Waals surface area (Å²) >= 11 is 0. The molecule has 1 N–H and O–H groups in total. The second kappa shape index (κ2) is 5.54. The van der Waals surface area contributed by atoms with Crippen molar-refractivity contribution in [2.75, 3.05) is 0 Å². The maximum absolute atomic E-state index is 9.79. The number of hydrogen-bond acceptors (Lipinski definition) is 1. The summed E-state index contributed by atoms with van der Waals surface area (Å²) in [6.45, 7) is 4.06. The predicted molar refractivity (Wildman–Crippen MR) is 76.8 cm³/mol. The Bertz CT molecular complexity index is 550. The van der Waals surface area contributed by atoms with Crippen molar-refractivity contribution in [2.45, 2.75) is 20.3 Å². The zero-order chi connectivity index (χ0) is 13.0. The molecule has 18 heavy (non-hydrogen) atoms. The Hall–Kier alpha value is -2.02. The van der Waals surface area contributed by atoms with Gasteiger partial charge in [0.05, 0.1) is 0 Å². The van der Waals surface area contributed by atoms with Gasteiger partial charge in [0.2, 0.25) is 0 Å². The van der Waals surface area contributed by atoms with Gasteiger partial charge < -0.3 is 5.11 Å². The van der Waals surface area contributed by atoms with Gasteiger partial charge in [-0.25, -0.2) is 0 Å². The number of phenolic OH excluding ortho intramolecular Hbond substituents is 1. The van der Waals surface area contributed by atoms with Gasteiger partial charge in [-0.05, 0) is 43.0 Å². The van der Waals surface area contributed by atoms with Crippen molar-refractivity contribution in [1.29, 1.82) is 0 Å². The van der Waals surface area contributed by atoms with Crippen LogP contribution in [0.5, 0.6) is 5.75 Å². The van der Waals surface area contributed by atoms with Crippen molar-refractivity contribution in [3.05, 3.63) is 70.8 Å². The van der Waals surface area contributed by atoms with Gasteiger partial charge in [-0.1, -0.05) is 54.1 Å². The lowest BCUT2D eigenvalue weighted by Gasteiger charge is -2.02. The summed E-state index contributed by atoms with van der Waals surface area (Å²) in [6, 6.07) is 14.2. The third-order valence-corrected chi connectivity index (χ3v) is 2.97. The van der Waals surface area contributed by atoms with Crippen molar-refractivity contribution >= 4 is 6.08 Å². The number of aromatic hydroxyl groups is 1. The first kappa shape index (κ1) is 12.4. The average Bonchev–Trinajstić information content (AvgIpc) is 2.34. The molecule has 0 fully saturated rings. The quantitative estimate of drug-likeness (QED) is 0.846. The van der Waals surface area contributed by atoms with Crippen LogP contribution in [0.3, 0.4) is 0 Å². The van der Waals surface area contributed by atoms with Gasteiger partial charge in [0.1, 0.15) is 5.75 Å². The first-order valence-electron chi connectivity index (χ1n) is 6.17. The minimum absolute atomic E-state index is 0.378. The zero-order valence-corrected chi connectivity index (χ0v) is 10.9. The van der Waals surface area contributed by atoms with Gasteiger partial charge in [0.15, 0.2) is 0 Å². The summed E-state index contributed by atoms with van der Waals surface area (Å²) < 4.78 is 0. The number of allylic oxidation sites excluding steroid dienone is 1. The van der Waals surface area contributed by atoms with Crippen molar-refractivity contribution in [1.82, 2.24) is 0 Å². The van der Waals surface area contributed by atoms with Crippen molar-refractivity contribution in [2.24, 2.45) is 0 Å². The Labute approximate surface area is 108 Å². The minimum atomic E-state index is 0.378. The first-order valence-corrected chi connectivity index (χ1v) is 6.17. The van der Waals surface area contributed by atoms with Crippen molar-refractivity contribution in [3.63, 3.8) is 0 Å². The van der Waals surface area contributed by atoms with Crippen LogP contribution in [0, 0.1) is 13.8 Å². The van der Waals surface area contributed by atoms with E-state index >= 15 is 0 Å². The van der Waals surface area contributed by atoms with E-state index in [0.717, 1.165) is 17.5 Å². The highest BCUT2D eigenvalue weighted by Crippen LogP contribution is 2.19. The molecule has 1 heteroatoms. The molecule has 92 valence electrons. The fourth-order valence-electron chi connectivity index (χ4n) is 1.85. The van der Waals surface area contributed by atoms with E-state index in [9.17, 15) is 5.11 Å². The highest BCUT2D eigenvalue weighted by molar-refractivity contribution is 5.50. The van der Waals surface area contributed by atoms with Crippen LogP contribution in [0.25, 0.3) is 6.08 Å². The largest absolute Gasteiger partial charge is 0.508 e. The molecule has 0 aliphatic heterocycles. The van der Waals surface area contributed by atoms with Crippen LogP contribution >= 0.6 is 0 Å². The summed E-state index contributed by atoms with van der Waals surface area (Å²) in [4.78, 5) is 0. The van der Waals surface area contributed by atoms with Crippen LogP contribution in [-0.2, 0) is 6.42 Å². The molecule has 0 radical (unpaired) electrons. The molecule has 0 aliphatic rings. The lowest BCUT2D eigenvalue weighted by Crippen LogP contribution is -1.83. The molecule has 0 aliphatic carbocycles. The van der Waals surface area contributed by atoms with Gasteiger partial charge in [-0.3, -0.25) is 0 Å². The second-order valence-corrected chi connectivity index (χ2v) is 4.65. The Morgan fingerprint density at radius 1 is 0.944 bits per heavy atom. The molecular formula is C17H18O. The Morgan fingerprint density at radius 3 is 2.28 bits per heavy atom. The summed E-state index contributed by atoms with van der Waals surface area (Å²) in [6.07, 6.45) is 4.91. The second-order valence-electron chi connectivity index (χ2n) is 4.65. The molecule has 2 rings (SSSR count). The normalized spacial score (nSPS) is 11.0. The van der Waals surface area contributed by atoms with Crippen LogP contribution < -0.4 is 0 Å². The van der Waals surface area contributed by atoms with Crippen LogP contribution in [-0.4, -0.2) is 5.11 Å². The molecule has 0 amide bonds. The Balaban J connectivity index is 2.05. The molecule has 0 saturated carbocycles. The standard InChI is InChI=1S/C17H18O/c1-13-6-9-15(10-7-13)4-3-5-16-11-8-14(2)12-17(16)18/h3-4,6-12,18H,5H2,1-2H3/b4-3+. The molecule has 0 aromatic heterocycles. The number of rotatable bonds is 3. The molecular weight excluding hydrogens is 220 g/mol. The summed E-state index contributed by atoms with van der Waals surface area (Å²) in [7, 11) is 0. The number of benzene rings is 2. The van der Waals surface area contributed by atoms with Gasteiger partial charge in [0.25, 0.3) is 0 Å². The van der Waals surface area contributed by atoms with E-state index in [1.807, 2.05) is 19.1 Å². The number of hydrogen-bond donors (Lipinski definition) is 1. The average molecular weight is 238 g/mol. The molecule has 0 heterocycles. The lowest BCUT2D eigenvalue weighted by molar-refractivity contribution is 0.469. The fourth-order valence-corrected chi connectivity index (χ4v) is 1.85. The van der Waals surface area contributed by atoms with E-state index in [1.165, 1.54) is 11.1 Å². The number of aryl methyl sites for hydroxylation is 2. The number of phenols is 1. The van der Waals surface area contributed by atoms with Gasteiger partial charge in [-0.15, -0.1) is 0 Å². The lowest BCUT2D eigenvalue weighted by atomic mass is 10.1. The molecule has 0 atom stereocenters. The molecule has 0 bridgehead atoms. The molecule has 0 unspecified atom stereocenters. The van der Waals surface area contributed by atoms with Crippen LogP contribution in [0.2, 0.25) is 0 Å². The van der Waals surface area contributed by atoms with Gasteiger partial charge in [-0.2, -0.15) is 0 Å². The van der Waals surface area contributed by atoms with E-state index in [2.05, 4.69) is 43.3 Å². The Kier molecular flexibility index (Phi) is 3.83. The maximum Gasteiger partial charge on any atom is 0.119 e. The summed E-state index contributed by atoms with van der Waals surface area (Å²) in [5, 5.41) is 9.79. The van der Waals surface area contributed by atoms with E-state index in [-0.39, 0.29) is 0 Å². The van der Waals surface area contributed by atoms with E-state index in [1.54, 1.807) is 6.07 Å². The monoisotopic (exact) mass is 238 g/mol. The Morgan fingerprint density at radius 2 is 1.61 bits per heavy atom. The topological polar surface area (TPSA) is 20.2 Å². The molecule has 2 aromatic rings. The third-order valence-electron chi connectivity index (χ3n) is 2.97. The van der Waals surface area contributed by atoms with E-state index in [0.29, 0.717) is 5.75 Å². The zero-order valence-electron chi connectivity index (χ0n) is 10.9. The highest BCUT2D eigenvalue weighted by atomic mass is 16.3. The van der Waals surface area contributed by atoms with Gasteiger partial charge in [0, 0.05) is 0 Å². The highest BCUT2D eigenvalue weighted by Gasteiger charge is 1.98. The molecule has 0 spiro atoms. The van der Waals surface area contributed by atoms with Crippen LogP contribution in [0.1, 0.15) is 22.3 Å². The smallest absolute Gasteiger partial charge is 0.119 e. The summed E-state index contributed by atoms with van der Waals surface area (Å²) in [5.74, 6) is 0.378. The molecule has 2 aromatic carbocycles. The maximum atomic E-state index is 9.79. The SMILES string of the molecule is Cc1ccc(/C=C/Cc2ccc(C)cc2O)cc1. The molecule has 0 saturated heterocycles. The van der Waals surface area contributed by atoms with E-state index in [4.69, 9.17) is 0 Å². The van der Waals surface area contributed by atoms with E-state index < -0.39 is 0 Å². The third kappa shape index (κ3) is 3.24. The van der Waals surface area contributed by atoms with Crippen LogP contribution in [0.4, 0.5) is 0 Å². The minimum Gasteiger partial charge on any atom is -0.508 e. The fraction of sp³-hybridized carbons (Fsp3) is 0.176.